The van der Waals surface area contributed by atoms with Crippen LogP contribution in [0.5, 0.6) is 5.75 Å². The maximum absolute atomic E-state index is 13.1. The van der Waals surface area contributed by atoms with Crippen LogP contribution in [-0.4, -0.2) is 11.2 Å². The van der Waals surface area contributed by atoms with Gasteiger partial charge in [0.05, 0.1) is 6.54 Å². The summed E-state index contributed by atoms with van der Waals surface area (Å²) in [5.74, 6) is 0.574. The topological polar surface area (TPSA) is 14.2 Å². The van der Waals surface area contributed by atoms with Gasteiger partial charge >= 0.3 is 0 Å². The molecule has 0 spiro atoms. The number of rotatable bonds is 4. The fraction of sp³-hybridized carbons (Fsp3) is 0.125. The molecule has 3 rings (SSSR count). The van der Waals surface area contributed by atoms with Gasteiger partial charge in [0.2, 0.25) is 0 Å². The predicted octanol–water partition coefficient (Wildman–Crippen LogP) is 4.51. The molecule has 0 fully saturated rings. The Labute approximate surface area is 121 Å². The van der Waals surface area contributed by atoms with Crippen molar-refractivity contribution in [3.8, 4) is 5.75 Å². The van der Waals surface area contributed by atoms with Gasteiger partial charge in [-0.1, -0.05) is 11.6 Å². The number of ether oxygens (including phenoxy) is 1. The van der Waals surface area contributed by atoms with Crippen LogP contribution in [0.25, 0.3) is 10.9 Å². The normalized spacial score (nSPS) is 10.9. The van der Waals surface area contributed by atoms with Crippen LogP contribution in [0, 0.1) is 5.82 Å². The molecular weight excluding hydrogens is 277 g/mol. The minimum Gasteiger partial charge on any atom is -0.492 e. The van der Waals surface area contributed by atoms with E-state index in [-0.39, 0.29) is 5.82 Å². The van der Waals surface area contributed by atoms with E-state index in [0.717, 1.165) is 16.7 Å². The molecule has 3 aromatic rings. The summed E-state index contributed by atoms with van der Waals surface area (Å²) < 4.78 is 20.8. The molecule has 0 atom stereocenters. The van der Waals surface area contributed by atoms with Crippen molar-refractivity contribution in [3.63, 3.8) is 0 Å². The number of aromatic nitrogens is 1. The minimum absolute atomic E-state index is 0.215. The van der Waals surface area contributed by atoms with Crippen LogP contribution in [0.1, 0.15) is 0 Å². The van der Waals surface area contributed by atoms with Gasteiger partial charge in [0.25, 0.3) is 0 Å². The van der Waals surface area contributed by atoms with E-state index in [4.69, 9.17) is 16.3 Å². The quantitative estimate of drug-likeness (QED) is 0.689. The highest BCUT2D eigenvalue weighted by atomic mass is 35.5. The van der Waals surface area contributed by atoms with Crippen molar-refractivity contribution >= 4 is 22.5 Å². The Morgan fingerprint density at radius 3 is 2.65 bits per heavy atom. The molecule has 0 N–H and O–H groups in total. The van der Waals surface area contributed by atoms with Crippen molar-refractivity contribution in [2.45, 2.75) is 6.54 Å². The molecular formula is C16H13ClFNO. The Kier molecular flexibility index (Phi) is 3.61. The zero-order valence-electron chi connectivity index (χ0n) is 10.7. The van der Waals surface area contributed by atoms with Gasteiger partial charge in [-0.2, -0.15) is 0 Å². The van der Waals surface area contributed by atoms with Crippen LogP contribution in [0.3, 0.4) is 0 Å². The summed E-state index contributed by atoms with van der Waals surface area (Å²) in [6, 6.07) is 14.0. The predicted molar refractivity (Wildman–Crippen MR) is 78.8 cm³/mol. The van der Waals surface area contributed by atoms with E-state index in [2.05, 4.69) is 0 Å². The number of nitrogens with zero attached hydrogens (tertiary/aromatic N) is 1. The summed E-state index contributed by atoms with van der Waals surface area (Å²) in [6.45, 7) is 1.25. The molecule has 0 amide bonds. The van der Waals surface area contributed by atoms with Crippen LogP contribution < -0.4 is 4.74 Å². The van der Waals surface area contributed by atoms with Gasteiger partial charge in [0, 0.05) is 22.1 Å². The molecule has 0 aliphatic rings. The number of halogens is 2. The second-order valence-electron chi connectivity index (χ2n) is 4.51. The van der Waals surface area contributed by atoms with Crippen LogP contribution >= 0.6 is 11.6 Å². The van der Waals surface area contributed by atoms with Crippen molar-refractivity contribution < 1.29 is 9.13 Å². The highest BCUT2D eigenvalue weighted by Crippen LogP contribution is 2.18. The van der Waals surface area contributed by atoms with Gasteiger partial charge in [0.1, 0.15) is 18.2 Å². The molecule has 0 bridgehead atoms. The zero-order valence-corrected chi connectivity index (χ0v) is 11.5. The highest BCUT2D eigenvalue weighted by molar-refractivity contribution is 6.30. The molecule has 0 saturated heterocycles. The highest BCUT2D eigenvalue weighted by Gasteiger charge is 2.02. The van der Waals surface area contributed by atoms with Gasteiger partial charge in [-0.3, -0.25) is 0 Å². The van der Waals surface area contributed by atoms with Crippen molar-refractivity contribution in [2.75, 3.05) is 6.61 Å². The van der Waals surface area contributed by atoms with Crippen molar-refractivity contribution in [3.05, 3.63) is 65.6 Å². The SMILES string of the molecule is Fc1ccc2c(ccn2CCOc2ccc(Cl)cc2)c1. The Morgan fingerprint density at radius 2 is 1.85 bits per heavy atom. The van der Waals surface area contributed by atoms with Crippen molar-refractivity contribution in [2.24, 2.45) is 0 Å². The Balaban J connectivity index is 1.66. The molecule has 4 heteroatoms. The number of benzene rings is 2. The van der Waals surface area contributed by atoms with Crippen molar-refractivity contribution in [1.29, 1.82) is 0 Å². The lowest BCUT2D eigenvalue weighted by Gasteiger charge is -2.08. The summed E-state index contributed by atoms with van der Waals surface area (Å²) >= 11 is 5.81. The summed E-state index contributed by atoms with van der Waals surface area (Å²) in [7, 11) is 0. The molecule has 1 aromatic heterocycles. The molecule has 0 saturated carbocycles. The lowest BCUT2D eigenvalue weighted by atomic mass is 10.2. The van der Waals surface area contributed by atoms with Gasteiger partial charge < -0.3 is 9.30 Å². The zero-order chi connectivity index (χ0) is 13.9. The van der Waals surface area contributed by atoms with Crippen LogP contribution in [-0.2, 0) is 6.54 Å². The molecule has 20 heavy (non-hydrogen) atoms. The van der Waals surface area contributed by atoms with Gasteiger partial charge in [0.15, 0.2) is 0 Å². The monoisotopic (exact) mass is 289 g/mol. The first kappa shape index (κ1) is 13.0. The fourth-order valence-corrected chi connectivity index (χ4v) is 2.28. The molecule has 102 valence electrons. The lowest BCUT2D eigenvalue weighted by Crippen LogP contribution is -2.07. The summed E-state index contributed by atoms with van der Waals surface area (Å²) in [5, 5.41) is 1.59. The summed E-state index contributed by atoms with van der Waals surface area (Å²) in [5.41, 5.74) is 1.01. The summed E-state index contributed by atoms with van der Waals surface area (Å²) in [4.78, 5) is 0. The van der Waals surface area contributed by atoms with Crippen LogP contribution in [0.4, 0.5) is 4.39 Å². The molecule has 1 heterocycles. The van der Waals surface area contributed by atoms with E-state index in [1.807, 2.05) is 29.0 Å². The number of hydrogen-bond donors (Lipinski definition) is 0. The van der Waals surface area contributed by atoms with Crippen LogP contribution in [0.2, 0.25) is 5.02 Å². The van der Waals surface area contributed by atoms with E-state index >= 15 is 0 Å². The Morgan fingerprint density at radius 1 is 1.05 bits per heavy atom. The fourth-order valence-electron chi connectivity index (χ4n) is 2.16. The molecule has 0 radical (unpaired) electrons. The molecule has 0 aliphatic heterocycles. The number of hydrogen-bond acceptors (Lipinski definition) is 1. The van der Waals surface area contributed by atoms with Gasteiger partial charge in [-0.25, -0.2) is 4.39 Å². The van der Waals surface area contributed by atoms with Crippen LogP contribution in [0.15, 0.2) is 54.7 Å². The summed E-state index contributed by atoms with van der Waals surface area (Å²) in [6.07, 6.45) is 1.94. The Hall–Kier alpha value is -2.00. The maximum Gasteiger partial charge on any atom is 0.123 e. The average molecular weight is 290 g/mol. The first-order valence-corrected chi connectivity index (χ1v) is 6.73. The maximum atomic E-state index is 13.1. The van der Waals surface area contributed by atoms with E-state index in [0.29, 0.717) is 18.2 Å². The first-order chi connectivity index (χ1) is 9.72. The molecule has 0 aliphatic carbocycles. The van der Waals surface area contributed by atoms with Crippen molar-refractivity contribution in [1.82, 2.24) is 4.57 Å². The van der Waals surface area contributed by atoms with Gasteiger partial charge in [-0.05, 0) is 48.5 Å². The number of fused-ring (bicyclic) bond motifs is 1. The molecule has 0 unspecified atom stereocenters. The van der Waals surface area contributed by atoms with E-state index in [9.17, 15) is 4.39 Å². The molecule has 2 aromatic carbocycles. The third kappa shape index (κ3) is 2.78. The van der Waals surface area contributed by atoms with E-state index < -0.39 is 0 Å². The second kappa shape index (κ2) is 5.55. The second-order valence-corrected chi connectivity index (χ2v) is 4.95. The average Bonchev–Trinajstić information content (AvgIpc) is 2.83. The van der Waals surface area contributed by atoms with Gasteiger partial charge in [-0.15, -0.1) is 0 Å². The lowest BCUT2D eigenvalue weighted by molar-refractivity contribution is 0.300. The smallest absolute Gasteiger partial charge is 0.123 e. The first-order valence-electron chi connectivity index (χ1n) is 6.35. The minimum atomic E-state index is -0.215. The molecule has 2 nitrogen and oxygen atoms in total. The van der Waals surface area contributed by atoms with E-state index in [1.165, 1.54) is 12.1 Å². The third-order valence-electron chi connectivity index (χ3n) is 3.15. The Bertz CT molecular complexity index is 721. The third-order valence-corrected chi connectivity index (χ3v) is 3.40. The van der Waals surface area contributed by atoms with E-state index in [1.54, 1.807) is 18.2 Å². The standard InChI is InChI=1S/C16H13ClFNO/c17-13-1-4-15(5-2-13)20-10-9-19-8-7-12-11-14(18)3-6-16(12)19/h1-8,11H,9-10H2. The largest absolute Gasteiger partial charge is 0.492 e.